The van der Waals surface area contributed by atoms with Gasteiger partial charge in [0.1, 0.15) is 0 Å². The van der Waals surface area contributed by atoms with Crippen LogP contribution < -0.4 is 0 Å². The Labute approximate surface area is 157 Å². The van der Waals surface area contributed by atoms with Crippen LogP contribution in [0.25, 0.3) is 5.69 Å². The summed E-state index contributed by atoms with van der Waals surface area (Å²) in [5.41, 5.74) is 3.72. The van der Waals surface area contributed by atoms with Gasteiger partial charge in [-0.3, -0.25) is 4.79 Å². The molecule has 6 heteroatoms. The Balaban J connectivity index is 1.78. The first kappa shape index (κ1) is 18.1. The Morgan fingerprint density at radius 1 is 1.24 bits per heavy atom. The van der Waals surface area contributed by atoms with Crippen LogP contribution in [0.5, 0.6) is 0 Å². The van der Waals surface area contributed by atoms with E-state index >= 15 is 0 Å². The number of likely N-dealkylation sites (N-methyl/N-ethyl adjacent to an activating group) is 1. The lowest BCUT2D eigenvalue weighted by Gasteiger charge is -2.36. The molecule has 0 aliphatic carbocycles. The fraction of sp³-hybridized carbons (Fsp3) is 0.474. The van der Waals surface area contributed by atoms with E-state index in [1.807, 2.05) is 47.7 Å². The van der Waals surface area contributed by atoms with E-state index in [2.05, 4.69) is 40.0 Å². The Morgan fingerprint density at radius 3 is 2.48 bits per heavy atom. The molecule has 5 nitrogen and oxygen atoms in total. The molecule has 0 N–H and O–H groups in total. The Morgan fingerprint density at radius 2 is 1.92 bits per heavy atom. The molecular formula is C19H25BrN4O. The summed E-state index contributed by atoms with van der Waals surface area (Å²) < 4.78 is 2.92. The van der Waals surface area contributed by atoms with Crippen molar-refractivity contribution in [3.8, 4) is 5.69 Å². The van der Waals surface area contributed by atoms with Crippen molar-refractivity contribution in [1.29, 1.82) is 0 Å². The van der Waals surface area contributed by atoms with Crippen LogP contribution in [0, 0.1) is 13.8 Å². The van der Waals surface area contributed by atoms with Gasteiger partial charge in [-0.05, 0) is 81.0 Å². The van der Waals surface area contributed by atoms with Gasteiger partial charge in [0, 0.05) is 24.7 Å². The number of likely N-dealkylation sites (tertiary alicyclic amines) is 1. The fourth-order valence-electron chi connectivity index (χ4n) is 3.36. The molecule has 2 aromatic rings. The third kappa shape index (κ3) is 3.65. The molecule has 3 rings (SSSR count). The first-order valence-electron chi connectivity index (χ1n) is 8.66. The molecule has 1 amide bonds. The molecule has 0 saturated carbocycles. The van der Waals surface area contributed by atoms with E-state index in [1.54, 1.807) is 0 Å². The molecule has 1 aromatic carbocycles. The third-order valence-electron chi connectivity index (χ3n) is 4.98. The minimum absolute atomic E-state index is 0.118. The number of piperidine rings is 1. The number of aromatic nitrogens is 2. The van der Waals surface area contributed by atoms with Crippen LogP contribution in [0.1, 0.15) is 34.6 Å². The molecule has 0 radical (unpaired) electrons. The molecule has 2 heterocycles. The number of amides is 1. The van der Waals surface area contributed by atoms with E-state index in [-0.39, 0.29) is 5.91 Å². The van der Waals surface area contributed by atoms with Crippen LogP contribution >= 0.6 is 15.9 Å². The number of nitrogens with zero attached hydrogens (tertiary/aromatic N) is 4. The molecule has 25 heavy (non-hydrogen) atoms. The first-order valence-corrected chi connectivity index (χ1v) is 9.45. The zero-order valence-corrected chi connectivity index (χ0v) is 16.9. The summed E-state index contributed by atoms with van der Waals surface area (Å²) in [6.07, 6.45) is 2.22. The predicted molar refractivity (Wildman–Crippen MR) is 103 cm³/mol. The van der Waals surface area contributed by atoms with Gasteiger partial charge in [0.05, 0.1) is 21.5 Å². The van der Waals surface area contributed by atoms with Gasteiger partial charge in [-0.15, -0.1) is 0 Å². The largest absolute Gasteiger partial charge is 0.337 e. The van der Waals surface area contributed by atoms with Gasteiger partial charge in [-0.25, -0.2) is 4.68 Å². The molecule has 0 bridgehead atoms. The minimum Gasteiger partial charge on any atom is -0.337 e. The number of carbonyl (C=O) groups is 1. The van der Waals surface area contributed by atoms with Crippen molar-refractivity contribution in [2.75, 3.05) is 27.2 Å². The molecule has 1 atom stereocenters. The summed E-state index contributed by atoms with van der Waals surface area (Å²) >= 11 is 3.56. The van der Waals surface area contributed by atoms with Crippen molar-refractivity contribution in [2.45, 2.75) is 32.7 Å². The number of rotatable bonds is 3. The summed E-state index contributed by atoms with van der Waals surface area (Å²) in [5.74, 6) is 0.118. The van der Waals surface area contributed by atoms with Crippen molar-refractivity contribution in [2.24, 2.45) is 0 Å². The van der Waals surface area contributed by atoms with E-state index < -0.39 is 0 Å². The predicted octanol–water partition coefficient (Wildman–Crippen LogP) is 3.42. The summed E-state index contributed by atoms with van der Waals surface area (Å²) in [6, 6.07) is 8.19. The van der Waals surface area contributed by atoms with Crippen LogP contribution in [0.3, 0.4) is 0 Å². The van der Waals surface area contributed by atoms with Gasteiger partial charge in [-0.2, -0.15) is 5.10 Å². The minimum atomic E-state index is 0.118. The second kappa shape index (κ2) is 7.30. The fourth-order valence-corrected chi connectivity index (χ4v) is 3.61. The van der Waals surface area contributed by atoms with Crippen molar-refractivity contribution < 1.29 is 4.79 Å². The molecule has 134 valence electrons. The average molecular weight is 405 g/mol. The molecule has 0 spiro atoms. The first-order chi connectivity index (χ1) is 11.9. The van der Waals surface area contributed by atoms with Crippen molar-refractivity contribution >= 4 is 21.8 Å². The second-order valence-electron chi connectivity index (χ2n) is 6.95. The van der Waals surface area contributed by atoms with Gasteiger partial charge in [-0.1, -0.05) is 0 Å². The molecule has 1 fully saturated rings. The lowest BCUT2D eigenvalue weighted by atomic mass is 10.0. The zero-order valence-electron chi connectivity index (χ0n) is 15.3. The van der Waals surface area contributed by atoms with Crippen LogP contribution in [0.2, 0.25) is 0 Å². The Hall–Kier alpha value is -1.66. The molecule has 1 aliphatic heterocycles. The highest BCUT2D eigenvalue weighted by molar-refractivity contribution is 9.10. The van der Waals surface area contributed by atoms with Crippen LogP contribution in [-0.2, 0) is 0 Å². The number of halogens is 1. The monoisotopic (exact) mass is 404 g/mol. The third-order valence-corrected chi connectivity index (χ3v) is 6.12. The SMILES string of the molecule is Cc1nn(-c2ccc(C(=O)N3CCCC(N(C)C)C3)cc2)c(C)c1Br. The average Bonchev–Trinajstić information content (AvgIpc) is 2.89. The maximum absolute atomic E-state index is 12.8. The van der Waals surface area contributed by atoms with Gasteiger partial charge in [0.25, 0.3) is 5.91 Å². The number of benzene rings is 1. The second-order valence-corrected chi connectivity index (χ2v) is 7.75. The van der Waals surface area contributed by atoms with Crippen molar-refractivity contribution in [3.05, 3.63) is 45.7 Å². The van der Waals surface area contributed by atoms with E-state index in [9.17, 15) is 4.79 Å². The molecule has 1 aliphatic rings. The lowest BCUT2D eigenvalue weighted by Crippen LogP contribution is -2.47. The zero-order chi connectivity index (χ0) is 18.1. The van der Waals surface area contributed by atoms with Gasteiger partial charge in [0.2, 0.25) is 0 Å². The molecular weight excluding hydrogens is 380 g/mol. The van der Waals surface area contributed by atoms with E-state index in [0.29, 0.717) is 6.04 Å². The van der Waals surface area contributed by atoms with E-state index in [1.165, 1.54) is 0 Å². The molecule has 1 saturated heterocycles. The van der Waals surface area contributed by atoms with E-state index in [0.717, 1.165) is 53.0 Å². The molecule has 1 aromatic heterocycles. The standard InChI is InChI=1S/C19H25BrN4O/c1-13-18(20)14(2)24(21-13)16-9-7-15(8-10-16)19(25)23-11-5-6-17(12-23)22(3)4/h7-10,17H,5-6,11-12H2,1-4H3. The quantitative estimate of drug-likeness (QED) is 0.786. The topological polar surface area (TPSA) is 41.4 Å². The summed E-state index contributed by atoms with van der Waals surface area (Å²) in [4.78, 5) is 17.0. The normalized spacial score (nSPS) is 18.0. The van der Waals surface area contributed by atoms with Crippen molar-refractivity contribution in [3.63, 3.8) is 0 Å². The van der Waals surface area contributed by atoms with Gasteiger partial charge >= 0.3 is 0 Å². The van der Waals surface area contributed by atoms with Gasteiger partial charge < -0.3 is 9.80 Å². The smallest absolute Gasteiger partial charge is 0.253 e. The number of hydrogen-bond donors (Lipinski definition) is 0. The highest BCUT2D eigenvalue weighted by Gasteiger charge is 2.25. The van der Waals surface area contributed by atoms with E-state index in [4.69, 9.17) is 0 Å². The van der Waals surface area contributed by atoms with Crippen LogP contribution in [0.4, 0.5) is 0 Å². The van der Waals surface area contributed by atoms with Gasteiger partial charge in [0.15, 0.2) is 0 Å². The number of carbonyl (C=O) groups excluding carboxylic acids is 1. The summed E-state index contributed by atoms with van der Waals surface area (Å²) in [7, 11) is 4.17. The van der Waals surface area contributed by atoms with Crippen LogP contribution in [-0.4, -0.2) is 58.7 Å². The van der Waals surface area contributed by atoms with Crippen LogP contribution in [0.15, 0.2) is 28.7 Å². The maximum atomic E-state index is 12.8. The number of hydrogen-bond acceptors (Lipinski definition) is 3. The molecule has 1 unspecified atom stereocenters. The summed E-state index contributed by atoms with van der Waals surface area (Å²) in [6.45, 7) is 5.65. The number of aryl methyl sites for hydroxylation is 1. The Bertz CT molecular complexity index is 766. The lowest BCUT2D eigenvalue weighted by molar-refractivity contribution is 0.0635. The summed E-state index contributed by atoms with van der Waals surface area (Å²) in [5, 5.41) is 4.54. The van der Waals surface area contributed by atoms with Crippen molar-refractivity contribution in [1.82, 2.24) is 19.6 Å². The Kier molecular flexibility index (Phi) is 5.29. The highest BCUT2D eigenvalue weighted by atomic mass is 79.9. The highest BCUT2D eigenvalue weighted by Crippen LogP contribution is 2.23. The maximum Gasteiger partial charge on any atom is 0.253 e.